The lowest BCUT2D eigenvalue weighted by molar-refractivity contribution is -0.121. The van der Waals surface area contributed by atoms with Crippen molar-refractivity contribution in [3.05, 3.63) is 93.5 Å². The molecule has 218 valence electrons. The molecule has 1 heterocycles. The highest BCUT2D eigenvalue weighted by Gasteiger charge is 2.32. The van der Waals surface area contributed by atoms with Crippen molar-refractivity contribution in [1.82, 2.24) is 10.2 Å². The molecule has 0 radical (unpaired) electrons. The van der Waals surface area contributed by atoms with Crippen LogP contribution in [0.4, 0.5) is 11.4 Å². The molecule has 0 fully saturated rings. The molecule has 8 N–H and O–H groups in total. The largest absolute Gasteiger partial charge is 0.399 e. The topological polar surface area (TPSA) is 174 Å². The average molecular weight is 581 g/mol. The number of carbonyl (C=O) groups is 4. The molecular formula is C30H37ClN6O4. The van der Waals surface area contributed by atoms with Gasteiger partial charge in [-0.05, 0) is 65.1 Å². The highest BCUT2D eigenvalue weighted by molar-refractivity contribution is 6.31. The minimum atomic E-state index is -0.580. The van der Waals surface area contributed by atoms with E-state index in [1.165, 1.54) is 4.90 Å². The molecule has 1 unspecified atom stereocenters. The van der Waals surface area contributed by atoms with Gasteiger partial charge >= 0.3 is 0 Å². The van der Waals surface area contributed by atoms with Crippen molar-refractivity contribution < 1.29 is 19.2 Å². The summed E-state index contributed by atoms with van der Waals surface area (Å²) in [6, 6.07) is 18.4. The highest BCUT2D eigenvalue weighted by Crippen LogP contribution is 2.26. The number of rotatable bonds is 10. The molecule has 0 saturated heterocycles. The van der Waals surface area contributed by atoms with E-state index in [1.807, 2.05) is 61.4 Å². The number of carbonyl (C=O) groups excluding carboxylic acids is 4. The number of hydrogen-bond donors (Lipinski definition) is 5. The Bertz CT molecular complexity index is 1320. The smallest absolute Gasteiger partial charge is 0.255 e. The van der Waals surface area contributed by atoms with E-state index in [1.54, 1.807) is 13.1 Å². The summed E-state index contributed by atoms with van der Waals surface area (Å²) in [7, 11) is 1.55. The monoisotopic (exact) mass is 580 g/mol. The van der Waals surface area contributed by atoms with Gasteiger partial charge in [-0.3, -0.25) is 9.59 Å². The van der Waals surface area contributed by atoms with Crippen molar-refractivity contribution in [3.8, 4) is 0 Å². The van der Waals surface area contributed by atoms with Gasteiger partial charge in [0.25, 0.3) is 5.91 Å². The van der Waals surface area contributed by atoms with Crippen LogP contribution in [-0.2, 0) is 40.6 Å². The third kappa shape index (κ3) is 9.42. The summed E-state index contributed by atoms with van der Waals surface area (Å²) in [5, 5.41) is 6.54. The Morgan fingerprint density at radius 2 is 1.68 bits per heavy atom. The number of nitrogens with zero attached hydrogens (tertiary/aromatic N) is 1. The number of halogens is 1. The molecule has 1 aliphatic rings. The third-order valence-corrected chi connectivity index (χ3v) is 6.84. The van der Waals surface area contributed by atoms with Crippen LogP contribution in [0.15, 0.2) is 60.7 Å². The fourth-order valence-electron chi connectivity index (χ4n) is 4.15. The zero-order valence-corrected chi connectivity index (χ0v) is 23.8. The van der Waals surface area contributed by atoms with E-state index in [0.29, 0.717) is 38.2 Å². The number of anilines is 2. The number of nitrogens with two attached hydrogens (primary N) is 3. The van der Waals surface area contributed by atoms with Crippen molar-refractivity contribution in [1.29, 1.82) is 0 Å². The summed E-state index contributed by atoms with van der Waals surface area (Å²) < 4.78 is 0. The normalized spacial score (nSPS) is 12.2. The fraction of sp³-hybridized carbons (Fsp3) is 0.267. The molecular weight excluding hydrogens is 544 g/mol. The van der Waals surface area contributed by atoms with Crippen molar-refractivity contribution in [2.45, 2.75) is 45.1 Å². The molecule has 3 aromatic rings. The van der Waals surface area contributed by atoms with Crippen molar-refractivity contribution in [3.63, 3.8) is 0 Å². The predicted molar refractivity (Wildman–Crippen MR) is 162 cm³/mol. The van der Waals surface area contributed by atoms with Gasteiger partial charge in [0.05, 0.1) is 6.04 Å². The molecule has 4 rings (SSSR count). The SMILES string of the molecule is C=O.CNC(=O)CCC(C=O)N1Cc2cc(CN)ccc2C1=O.NCc1ccc(CNc2ccc(N)cc2)c(Cl)c1. The Morgan fingerprint density at radius 3 is 2.27 bits per heavy atom. The van der Waals surface area contributed by atoms with Gasteiger partial charge in [0.2, 0.25) is 5.91 Å². The van der Waals surface area contributed by atoms with E-state index in [9.17, 15) is 14.4 Å². The lowest BCUT2D eigenvalue weighted by Crippen LogP contribution is -2.37. The van der Waals surface area contributed by atoms with Gasteiger partial charge in [0, 0.05) is 61.6 Å². The van der Waals surface area contributed by atoms with Crippen LogP contribution in [-0.4, -0.2) is 42.9 Å². The van der Waals surface area contributed by atoms with Crippen molar-refractivity contribution in [2.24, 2.45) is 11.5 Å². The maximum absolute atomic E-state index is 12.3. The Balaban J connectivity index is 0.000000273. The zero-order chi connectivity index (χ0) is 30.4. The standard InChI is InChI=1S/C15H19N3O3.C14H16ClN3.CH2O/c1-17-14(20)5-3-12(9-19)18-8-11-6-10(7-16)2-4-13(11)15(18)21;15-14-7-10(8-16)1-2-11(14)9-18-13-5-3-12(17)4-6-13;1-2/h2,4,6,9,12H,3,5,7-8,16H2,1H3,(H,17,20);1-7,18H,8-9,16-17H2;1H2. The highest BCUT2D eigenvalue weighted by atomic mass is 35.5. The van der Waals surface area contributed by atoms with E-state index in [2.05, 4.69) is 10.6 Å². The number of fused-ring (bicyclic) bond motifs is 1. The number of aldehydes is 1. The second-order valence-electron chi connectivity index (χ2n) is 9.15. The number of nitrogen functional groups attached to an aromatic ring is 1. The first-order valence-electron chi connectivity index (χ1n) is 12.9. The molecule has 0 bridgehead atoms. The van der Waals surface area contributed by atoms with Gasteiger partial charge in [-0.2, -0.15) is 0 Å². The maximum atomic E-state index is 12.3. The van der Waals surface area contributed by atoms with Crippen LogP contribution in [0.1, 0.15) is 45.5 Å². The number of amides is 2. The number of hydrogen-bond acceptors (Lipinski definition) is 8. The van der Waals surface area contributed by atoms with Crippen LogP contribution in [0.25, 0.3) is 0 Å². The zero-order valence-electron chi connectivity index (χ0n) is 23.1. The second-order valence-corrected chi connectivity index (χ2v) is 9.56. The lowest BCUT2D eigenvalue weighted by atomic mass is 10.1. The number of nitrogens with one attached hydrogen (secondary N) is 2. The number of benzene rings is 3. The van der Waals surface area contributed by atoms with Crippen LogP contribution in [0, 0.1) is 0 Å². The van der Waals surface area contributed by atoms with Crippen LogP contribution in [0.5, 0.6) is 0 Å². The van der Waals surface area contributed by atoms with E-state index >= 15 is 0 Å². The van der Waals surface area contributed by atoms with Gasteiger partial charge in [-0.1, -0.05) is 35.9 Å². The molecule has 1 aliphatic heterocycles. The first-order chi connectivity index (χ1) is 19.8. The third-order valence-electron chi connectivity index (χ3n) is 6.49. The molecule has 0 spiro atoms. The van der Waals surface area contributed by atoms with Crippen molar-refractivity contribution in [2.75, 3.05) is 18.1 Å². The van der Waals surface area contributed by atoms with Gasteiger partial charge in [0.1, 0.15) is 13.1 Å². The molecule has 2 amide bonds. The summed E-state index contributed by atoms with van der Waals surface area (Å²) in [6.07, 6.45) is 1.28. The quantitative estimate of drug-likeness (QED) is 0.180. The van der Waals surface area contributed by atoms with Crippen molar-refractivity contribution >= 4 is 47.9 Å². The Kier molecular flexibility index (Phi) is 13.5. The van der Waals surface area contributed by atoms with Crippen LogP contribution in [0.2, 0.25) is 5.02 Å². The molecule has 0 aromatic heterocycles. The summed E-state index contributed by atoms with van der Waals surface area (Å²) >= 11 is 6.18. The summed E-state index contributed by atoms with van der Waals surface area (Å²) in [6.45, 7) is 3.98. The summed E-state index contributed by atoms with van der Waals surface area (Å²) in [5.74, 6) is -0.306. The van der Waals surface area contributed by atoms with Gasteiger partial charge in [0.15, 0.2) is 0 Å². The van der Waals surface area contributed by atoms with E-state index in [-0.39, 0.29) is 18.2 Å². The van der Waals surface area contributed by atoms with Crippen LogP contribution >= 0.6 is 11.6 Å². The Morgan fingerprint density at radius 1 is 1.05 bits per heavy atom. The van der Waals surface area contributed by atoms with Gasteiger partial charge < -0.3 is 42.3 Å². The lowest BCUT2D eigenvalue weighted by Gasteiger charge is -2.22. The van der Waals surface area contributed by atoms with E-state index in [4.69, 9.17) is 33.6 Å². The maximum Gasteiger partial charge on any atom is 0.255 e. The van der Waals surface area contributed by atoms with Crippen LogP contribution < -0.4 is 27.8 Å². The summed E-state index contributed by atoms with van der Waals surface area (Å²) in [5.41, 5.74) is 23.1. The molecule has 1 atom stereocenters. The molecule has 0 aliphatic carbocycles. The minimum Gasteiger partial charge on any atom is -0.399 e. The fourth-order valence-corrected chi connectivity index (χ4v) is 4.42. The van der Waals surface area contributed by atoms with E-state index < -0.39 is 6.04 Å². The Labute approximate surface area is 245 Å². The molecule has 10 nitrogen and oxygen atoms in total. The second kappa shape index (κ2) is 16.8. The predicted octanol–water partition coefficient (Wildman–Crippen LogP) is 3.00. The summed E-state index contributed by atoms with van der Waals surface area (Å²) in [4.78, 5) is 44.4. The molecule has 41 heavy (non-hydrogen) atoms. The van der Waals surface area contributed by atoms with Gasteiger partial charge in [-0.15, -0.1) is 0 Å². The molecule has 11 heteroatoms. The average Bonchev–Trinajstić information content (AvgIpc) is 3.33. The van der Waals surface area contributed by atoms with Gasteiger partial charge in [-0.25, -0.2) is 0 Å². The first kappa shape index (κ1) is 33.0. The Hall–Kier alpha value is -4.25. The molecule has 0 saturated carbocycles. The molecule has 3 aromatic carbocycles. The van der Waals surface area contributed by atoms with Crippen LogP contribution in [0.3, 0.4) is 0 Å². The minimum absolute atomic E-state index is 0.142. The first-order valence-corrected chi connectivity index (χ1v) is 13.3. The van der Waals surface area contributed by atoms with E-state index in [0.717, 1.165) is 44.9 Å².